The van der Waals surface area contributed by atoms with E-state index in [9.17, 15) is 14.0 Å². The lowest BCUT2D eigenvalue weighted by molar-refractivity contribution is -0.120. The third-order valence-corrected chi connectivity index (χ3v) is 3.51. The van der Waals surface area contributed by atoms with Crippen LogP contribution in [0.2, 0.25) is 0 Å². The fourth-order valence-corrected chi connectivity index (χ4v) is 2.60. The van der Waals surface area contributed by atoms with E-state index in [-0.39, 0.29) is 24.2 Å². The first-order valence-electron chi connectivity index (χ1n) is 6.65. The summed E-state index contributed by atoms with van der Waals surface area (Å²) in [6, 6.07) is 5.84. The van der Waals surface area contributed by atoms with Crippen LogP contribution in [0.1, 0.15) is 30.9 Å². The van der Waals surface area contributed by atoms with E-state index in [4.69, 9.17) is 5.73 Å². The summed E-state index contributed by atoms with van der Waals surface area (Å²) in [6.07, 6.45) is 2.25. The highest BCUT2D eigenvalue weighted by Crippen LogP contribution is 2.31. The van der Waals surface area contributed by atoms with Crippen LogP contribution in [0.3, 0.4) is 0 Å². The number of halogens is 1. The lowest BCUT2D eigenvalue weighted by Crippen LogP contribution is -2.37. The minimum Gasteiger partial charge on any atom is -0.351 e. The Morgan fingerprint density at radius 1 is 1.35 bits per heavy atom. The van der Waals surface area contributed by atoms with Gasteiger partial charge in [0.1, 0.15) is 5.82 Å². The predicted molar refractivity (Wildman–Crippen MR) is 72.3 cm³/mol. The van der Waals surface area contributed by atoms with Crippen molar-refractivity contribution in [3.63, 3.8) is 0 Å². The summed E-state index contributed by atoms with van der Waals surface area (Å²) in [6.45, 7) is 1.45. The van der Waals surface area contributed by atoms with Crippen LogP contribution >= 0.6 is 0 Å². The number of hydrogen-bond acceptors (Lipinski definition) is 3. The monoisotopic (exact) mass is 279 g/mol. The summed E-state index contributed by atoms with van der Waals surface area (Å²) in [5, 5.41) is 2.05. The van der Waals surface area contributed by atoms with Crippen molar-refractivity contribution in [3.8, 4) is 0 Å². The summed E-state index contributed by atoms with van der Waals surface area (Å²) in [4.78, 5) is 24.1. The van der Waals surface area contributed by atoms with E-state index in [1.54, 1.807) is 12.1 Å². The minimum atomic E-state index is -0.827. The zero-order chi connectivity index (χ0) is 14.5. The average Bonchev–Trinajstić information content (AvgIpc) is 2.85. The van der Waals surface area contributed by atoms with E-state index >= 15 is 0 Å². The van der Waals surface area contributed by atoms with Crippen molar-refractivity contribution in [2.45, 2.75) is 25.3 Å². The van der Waals surface area contributed by atoms with E-state index in [1.807, 2.05) is 0 Å². The first-order valence-corrected chi connectivity index (χ1v) is 6.65. The molecule has 1 aromatic rings. The number of rotatable bonds is 4. The molecule has 5 nitrogen and oxygen atoms in total. The topological polar surface area (TPSA) is 75.4 Å². The molecule has 108 valence electrons. The number of nitrogens with one attached hydrogen (secondary N) is 1. The number of likely N-dealkylation sites (tertiary alicyclic amines) is 1. The number of nitrogens with two attached hydrogens (primary N) is 1. The molecule has 20 heavy (non-hydrogen) atoms. The molecule has 1 aliphatic heterocycles. The molecule has 1 atom stereocenters. The second-order valence-corrected chi connectivity index (χ2v) is 4.91. The Balaban J connectivity index is 1.92. The predicted octanol–water partition coefficient (Wildman–Crippen LogP) is 1.55. The third-order valence-electron chi connectivity index (χ3n) is 3.51. The molecule has 0 radical (unpaired) electrons. The number of benzene rings is 1. The maximum atomic E-state index is 12.9. The molecule has 1 saturated heterocycles. The Hall–Kier alpha value is -1.95. The standard InChI is InChI=1S/C14H18FN3O2/c15-11-5-3-10(4-6-11)12-2-1-8-18(12)9-7-13(19)17-14(16)20/h3-6,12H,1-2,7-9H2,(H3,16,17,19,20). The Labute approximate surface area is 116 Å². The van der Waals surface area contributed by atoms with E-state index in [0.29, 0.717) is 6.54 Å². The minimum absolute atomic E-state index is 0.206. The van der Waals surface area contributed by atoms with Crippen molar-refractivity contribution in [1.29, 1.82) is 0 Å². The first-order chi connectivity index (χ1) is 9.56. The summed E-state index contributed by atoms with van der Waals surface area (Å²) < 4.78 is 12.9. The maximum Gasteiger partial charge on any atom is 0.318 e. The number of carbonyl (C=O) groups excluding carboxylic acids is 2. The quantitative estimate of drug-likeness (QED) is 0.878. The Morgan fingerprint density at radius 2 is 2.05 bits per heavy atom. The molecule has 1 aliphatic rings. The number of carbonyl (C=O) groups is 2. The molecule has 1 aromatic carbocycles. The molecular formula is C14H18FN3O2. The van der Waals surface area contributed by atoms with Crippen molar-refractivity contribution in [3.05, 3.63) is 35.6 Å². The van der Waals surface area contributed by atoms with E-state index in [0.717, 1.165) is 24.9 Å². The van der Waals surface area contributed by atoms with Gasteiger partial charge in [-0.25, -0.2) is 9.18 Å². The van der Waals surface area contributed by atoms with Crippen LogP contribution in [0, 0.1) is 5.82 Å². The van der Waals surface area contributed by atoms with Crippen LogP contribution in [0.4, 0.5) is 9.18 Å². The summed E-state index contributed by atoms with van der Waals surface area (Å²) in [7, 11) is 0. The van der Waals surface area contributed by atoms with Gasteiger partial charge in [-0.1, -0.05) is 12.1 Å². The molecule has 0 aliphatic carbocycles. The highest BCUT2D eigenvalue weighted by atomic mass is 19.1. The number of hydrogen-bond donors (Lipinski definition) is 2. The van der Waals surface area contributed by atoms with Gasteiger partial charge in [0.05, 0.1) is 0 Å². The van der Waals surface area contributed by atoms with E-state index in [1.165, 1.54) is 12.1 Å². The van der Waals surface area contributed by atoms with Crippen molar-refractivity contribution < 1.29 is 14.0 Å². The van der Waals surface area contributed by atoms with Gasteiger partial charge in [0.25, 0.3) is 0 Å². The van der Waals surface area contributed by atoms with Crippen LogP contribution in [0.5, 0.6) is 0 Å². The van der Waals surface area contributed by atoms with Crippen LogP contribution in [-0.4, -0.2) is 29.9 Å². The fraction of sp³-hybridized carbons (Fsp3) is 0.429. The summed E-state index contributed by atoms with van der Waals surface area (Å²) >= 11 is 0. The van der Waals surface area contributed by atoms with Crippen LogP contribution < -0.4 is 11.1 Å². The highest BCUT2D eigenvalue weighted by molar-refractivity contribution is 5.93. The van der Waals surface area contributed by atoms with Crippen LogP contribution in [0.25, 0.3) is 0 Å². The molecule has 1 unspecified atom stereocenters. The van der Waals surface area contributed by atoms with Crippen LogP contribution in [0.15, 0.2) is 24.3 Å². The Kier molecular flexibility index (Phi) is 4.68. The molecular weight excluding hydrogens is 261 g/mol. The number of primary amides is 1. The van der Waals surface area contributed by atoms with Gasteiger partial charge in [-0.2, -0.15) is 0 Å². The largest absolute Gasteiger partial charge is 0.351 e. The fourth-order valence-electron chi connectivity index (χ4n) is 2.60. The van der Waals surface area contributed by atoms with Gasteiger partial charge in [0.2, 0.25) is 5.91 Å². The number of urea groups is 1. The summed E-state index contributed by atoms with van der Waals surface area (Å²) in [5.41, 5.74) is 5.94. The van der Waals surface area contributed by atoms with Gasteiger partial charge in [-0.15, -0.1) is 0 Å². The molecule has 0 bridgehead atoms. The number of amides is 3. The molecule has 6 heteroatoms. The molecule has 2 rings (SSSR count). The zero-order valence-electron chi connectivity index (χ0n) is 11.1. The van der Waals surface area contributed by atoms with Gasteiger partial charge in [0.15, 0.2) is 0 Å². The van der Waals surface area contributed by atoms with E-state index < -0.39 is 6.03 Å². The van der Waals surface area contributed by atoms with Crippen molar-refractivity contribution in [2.75, 3.05) is 13.1 Å². The lowest BCUT2D eigenvalue weighted by Gasteiger charge is -2.24. The van der Waals surface area contributed by atoms with Crippen LogP contribution in [-0.2, 0) is 4.79 Å². The molecule has 3 N–H and O–H groups in total. The van der Waals surface area contributed by atoms with Gasteiger partial charge < -0.3 is 5.73 Å². The van der Waals surface area contributed by atoms with Gasteiger partial charge in [-0.05, 0) is 37.1 Å². The Morgan fingerprint density at radius 3 is 2.70 bits per heavy atom. The van der Waals surface area contributed by atoms with Gasteiger partial charge in [0, 0.05) is 19.0 Å². The third kappa shape index (κ3) is 3.77. The smallest absolute Gasteiger partial charge is 0.318 e. The number of imide groups is 1. The molecule has 0 saturated carbocycles. The Bertz CT molecular complexity index is 490. The summed E-state index contributed by atoms with van der Waals surface area (Å²) in [5.74, 6) is -0.624. The molecule has 1 fully saturated rings. The molecule has 3 amide bonds. The SMILES string of the molecule is NC(=O)NC(=O)CCN1CCCC1c1ccc(F)cc1. The average molecular weight is 279 g/mol. The second-order valence-electron chi connectivity index (χ2n) is 4.91. The molecule has 0 aromatic heterocycles. The zero-order valence-corrected chi connectivity index (χ0v) is 11.1. The second kappa shape index (κ2) is 6.47. The number of nitrogens with zero attached hydrogens (tertiary/aromatic N) is 1. The molecule has 0 spiro atoms. The first kappa shape index (κ1) is 14.5. The normalized spacial score (nSPS) is 18.9. The lowest BCUT2D eigenvalue weighted by atomic mass is 10.0. The van der Waals surface area contributed by atoms with E-state index in [2.05, 4.69) is 10.2 Å². The van der Waals surface area contributed by atoms with Gasteiger partial charge >= 0.3 is 6.03 Å². The maximum absolute atomic E-state index is 12.9. The van der Waals surface area contributed by atoms with Crippen molar-refractivity contribution >= 4 is 11.9 Å². The molecule has 1 heterocycles. The van der Waals surface area contributed by atoms with Crippen molar-refractivity contribution in [1.82, 2.24) is 10.2 Å². The highest BCUT2D eigenvalue weighted by Gasteiger charge is 2.26. The van der Waals surface area contributed by atoms with Crippen molar-refractivity contribution in [2.24, 2.45) is 5.73 Å². The van der Waals surface area contributed by atoms with Gasteiger partial charge in [-0.3, -0.25) is 15.0 Å².